The Morgan fingerprint density at radius 2 is 0.885 bits per heavy atom. The molecule has 0 bridgehead atoms. The molecule has 0 radical (unpaired) electrons. The summed E-state index contributed by atoms with van der Waals surface area (Å²) in [5, 5.41) is 0. The number of ether oxygens (including phenoxy) is 4. The zero-order valence-corrected chi connectivity index (χ0v) is 33.9. The van der Waals surface area contributed by atoms with Crippen LogP contribution >= 0.6 is 0 Å². The lowest BCUT2D eigenvalue weighted by Gasteiger charge is -2.13. The summed E-state index contributed by atoms with van der Waals surface area (Å²) in [6.45, 7) is 24.8. The van der Waals surface area contributed by atoms with Crippen molar-refractivity contribution in [1.82, 2.24) is 0 Å². The van der Waals surface area contributed by atoms with Crippen molar-refractivity contribution < 1.29 is 28.5 Å². The Balaban J connectivity index is 0.000000520. The molecule has 2 rings (SSSR count). The second kappa shape index (κ2) is 23.4. The summed E-state index contributed by atoms with van der Waals surface area (Å²) in [5.74, 6) is 1.24. The summed E-state index contributed by atoms with van der Waals surface area (Å²) in [5.41, 5.74) is 13.6. The second-order valence-corrected chi connectivity index (χ2v) is 12.6. The Kier molecular flexibility index (Phi) is 20.2. The van der Waals surface area contributed by atoms with E-state index in [1.807, 2.05) is 64.2 Å². The molecule has 0 aromatic heterocycles. The van der Waals surface area contributed by atoms with Crippen LogP contribution in [0.25, 0.3) is 12.2 Å². The summed E-state index contributed by atoms with van der Waals surface area (Å²) in [6, 6.07) is 4.15. The van der Waals surface area contributed by atoms with Crippen LogP contribution in [0.2, 0.25) is 0 Å². The predicted octanol–water partition coefficient (Wildman–Crippen LogP) is 11.3. The van der Waals surface area contributed by atoms with E-state index in [9.17, 15) is 9.59 Å². The molecule has 52 heavy (non-hydrogen) atoms. The fourth-order valence-corrected chi connectivity index (χ4v) is 5.15. The molecule has 0 heterocycles. The lowest BCUT2D eigenvalue weighted by Crippen LogP contribution is -1.99. The summed E-state index contributed by atoms with van der Waals surface area (Å²) in [4.78, 5) is 22.8. The van der Waals surface area contributed by atoms with Crippen LogP contribution in [0.1, 0.15) is 86.1 Å². The number of allylic oxidation sites excluding steroid dienone is 12. The van der Waals surface area contributed by atoms with Gasteiger partial charge < -0.3 is 18.9 Å². The van der Waals surface area contributed by atoms with Crippen LogP contribution in [0, 0.1) is 41.5 Å². The molecule has 280 valence electrons. The highest BCUT2D eigenvalue weighted by Gasteiger charge is 2.09. The molecule has 0 spiro atoms. The van der Waals surface area contributed by atoms with E-state index in [1.54, 1.807) is 28.1 Å². The summed E-state index contributed by atoms with van der Waals surface area (Å²) >= 11 is 0. The topological polar surface area (TPSA) is 71.1 Å². The molecule has 0 atom stereocenters. The summed E-state index contributed by atoms with van der Waals surface area (Å²) in [7, 11) is 3.41. The van der Waals surface area contributed by atoms with Crippen molar-refractivity contribution in [2.24, 2.45) is 0 Å². The van der Waals surface area contributed by atoms with Gasteiger partial charge in [-0.05, 0) is 151 Å². The number of carbonyl (C=O) groups excluding carboxylic acids is 2. The van der Waals surface area contributed by atoms with E-state index in [0.717, 1.165) is 33.8 Å². The van der Waals surface area contributed by atoms with Gasteiger partial charge in [-0.15, -0.1) is 0 Å². The fourth-order valence-electron chi connectivity index (χ4n) is 5.15. The van der Waals surface area contributed by atoms with Gasteiger partial charge in [-0.2, -0.15) is 0 Å². The molecule has 0 fully saturated rings. The van der Waals surface area contributed by atoms with E-state index in [1.165, 1.54) is 56.7 Å². The quantitative estimate of drug-likeness (QED) is 0.111. The number of esters is 2. The van der Waals surface area contributed by atoms with Gasteiger partial charge in [0.15, 0.2) is 0 Å². The van der Waals surface area contributed by atoms with Crippen molar-refractivity contribution in [3.63, 3.8) is 0 Å². The molecule has 0 aliphatic carbocycles. The average Bonchev–Trinajstić information content (AvgIpc) is 3.08. The largest absolute Gasteiger partial charge is 0.496 e. The van der Waals surface area contributed by atoms with Crippen LogP contribution < -0.4 is 9.47 Å². The van der Waals surface area contributed by atoms with Gasteiger partial charge in [0.1, 0.15) is 11.5 Å². The Bertz CT molecular complexity index is 1660. The Labute approximate surface area is 313 Å². The van der Waals surface area contributed by atoms with Crippen LogP contribution in [0.3, 0.4) is 0 Å². The van der Waals surface area contributed by atoms with Crippen molar-refractivity contribution >= 4 is 24.1 Å². The monoisotopic (exact) mass is 708 g/mol. The highest BCUT2D eigenvalue weighted by molar-refractivity contribution is 5.83. The molecule has 6 nitrogen and oxygen atoms in total. The number of rotatable bonds is 14. The van der Waals surface area contributed by atoms with Gasteiger partial charge in [-0.1, -0.05) is 71.9 Å². The first-order valence-electron chi connectivity index (χ1n) is 17.7. The molecule has 2 aromatic carbocycles. The van der Waals surface area contributed by atoms with Gasteiger partial charge in [0.25, 0.3) is 0 Å². The zero-order chi connectivity index (χ0) is 39.4. The van der Waals surface area contributed by atoms with Crippen LogP contribution in [-0.4, -0.2) is 39.4 Å². The molecule has 0 unspecified atom stereocenters. The van der Waals surface area contributed by atoms with E-state index in [0.29, 0.717) is 13.2 Å². The number of benzene rings is 2. The van der Waals surface area contributed by atoms with Gasteiger partial charge in [0, 0.05) is 12.2 Å². The van der Waals surface area contributed by atoms with E-state index < -0.39 is 0 Å². The minimum atomic E-state index is -0.309. The Morgan fingerprint density at radius 1 is 0.538 bits per heavy atom. The second-order valence-electron chi connectivity index (χ2n) is 12.6. The first-order valence-corrected chi connectivity index (χ1v) is 17.7. The van der Waals surface area contributed by atoms with E-state index in [4.69, 9.17) is 18.9 Å². The van der Waals surface area contributed by atoms with Gasteiger partial charge >= 0.3 is 11.9 Å². The molecule has 0 aliphatic rings. The summed E-state index contributed by atoms with van der Waals surface area (Å²) < 4.78 is 20.6. The molecule has 2 aromatic rings. The zero-order valence-electron chi connectivity index (χ0n) is 33.9. The molecule has 0 aliphatic heterocycles. The SMILES string of the molecule is CCOC(=O)/C=C(C)/C=C/C=C(C)/C=C/c1c(C)cc(OC)c(C)c1C.CCOC(=O)/C=C(C)/C=C/C=C(C)/C=C/c1c(C)cc(OC)c(C)c1C. The molecular weight excluding hydrogens is 649 g/mol. The van der Waals surface area contributed by atoms with Gasteiger partial charge in [-0.3, -0.25) is 0 Å². The van der Waals surface area contributed by atoms with Gasteiger partial charge in [-0.25, -0.2) is 9.59 Å². The Hall–Kier alpha value is -5.10. The molecular formula is C46H60O6. The molecule has 0 N–H and O–H groups in total. The minimum Gasteiger partial charge on any atom is -0.496 e. The highest BCUT2D eigenvalue weighted by atomic mass is 16.5. The predicted molar refractivity (Wildman–Crippen MR) is 219 cm³/mol. The number of methoxy groups -OCH3 is 2. The molecule has 0 amide bonds. The van der Waals surface area contributed by atoms with Crippen molar-refractivity contribution in [3.8, 4) is 11.5 Å². The third-order valence-corrected chi connectivity index (χ3v) is 8.38. The van der Waals surface area contributed by atoms with Crippen LogP contribution in [0.5, 0.6) is 11.5 Å². The first-order chi connectivity index (χ1) is 24.6. The van der Waals surface area contributed by atoms with E-state index in [2.05, 4.69) is 78.0 Å². The Morgan fingerprint density at radius 3 is 1.19 bits per heavy atom. The lowest BCUT2D eigenvalue weighted by molar-refractivity contribution is -0.138. The first kappa shape index (κ1) is 44.9. The normalized spacial score (nSPS) is 12.9. The minimum absolute atomic E-state index is 0.309. The maximum absolute atomic E-state index is 11.4. The standard InChI is InChI=1S/2C23H30O3/c2*1-8-26-23(24)14-17(3)11-9-10-16(2)12-13-21-18(4)15-22(25-7)20(6)19(21)5/h2*9-15H,8H2,1-7H3/b2*11-9+,13-12+,16-10+,17-14+. The van der Waals surface area contributed by atoms with Crippen LogP contribution in [0.4, 0.5) is 0 Å². The van der Waals surface area contributed by atoms with Crippen molar-refractivity contribution in [1.29, 1.82) is 0 Å². The average molecular weight is 709 g/mol. The maximum Gasteiger partial charge on any atom is 0.330 e. The van der Waals surface area contributed by atoms with Gasteiger partial charge in [0.05, 0.1) is 27.4 Å². The maximum atomic E-state index is 11.4. The van der Waals surface area contributed by atoms with Crippen LogP contribution in [0.15, 0.2) is 95.2 Å². The third-order valence-electron chi connectivity index (χ3n) is 8.38. The van der Waals surface area contributed by atoms with Crippen molar-refractivity contribution in [3.05, 3.63) is 140 Å². The number of hydrogen-bond acceptors (Lipinski definition) is 6. The highest BCUT2D eigenvalue weighted by Crippen LogP contribution is 2.29. The fraction of sp³-hybridized carbons (Fsp3) is 0.348. The van der Waals surface area contributed by atoms with Crippen LogP contribution in [-0.2, 0) is 19.1 Å². The van der Waals surface area contributed by atoms with E-state index in [-0.39, 0.29) is 11.9 Å². The number of aryl methyl sites for hydroxylation is 2. The number of carbonyl (C=O) groups is 2. The van der Waals surface area contributed by atoms with E-state index >= 15 is 0 Å². The molecule has 0 saturated heterocycles. The van der Waals surface area contributed by atoms with Crippen molar-refractivity contribution in [2.75, 3.05) is 27.4 Å². The lowest BCUT2D eigenvalue weighted by atomic mass is 9.96. The van der Waals surface area contributed by atoms with Crippen molar-refractivity contribution in [2.45, 2.75) is 83.1 Å². The smallest absolute Gasteiger partial charge is 0.330 e. The molecule has 6 heteroatoms. The van der Waals surface area contributed by atoms with Gasteiger partial charge in [0.2, 0.25) is 0 Å². The summed E-state index contributed by atoms with van der Waals surface area (Å²) in [6.07, 6.45) is 23.1. The third kappa shape index (κ3) is 15.4. The molecule has 0 saturated carbocycles. The number of hydrogen-bond donors (Lipinski definition) is 0.